The average molecular weight is 374 g/mol. The third-order valence-corrected chi connectivity index (χ3v) is 3.54. The fourth-order valence-electron chi connectivity index (χ4n) is 1.75. The number of amides is 1. The Morgan fingerprint density at radius 2 is 1.79 bits per heavy atom. The van der Waals surface area contributed by atoms with Crippen molar-refractivity contribution in [3.05, 3.63) is 63.6 Å². The fourth-order valence-corrected chi connectivity index (χ4v) is 2.24. The summed E-state index contributed by atoms with van der Waals surface area (Å²) in [6.07, 6.45) is -1.18. The summed E-state index contributed by atoms with van der Waals surface area (Å²) in [5.74, 6) is -3.67. The van der Waals surface area contributed by atoms with Crippen LogP contribution in [0.5, 0.6) is 0 Å². The third-order valence-electron chi connectivity index (χ3n) is 2.99. The summed E-state index contributed by atoms with van der Waals surface area (Å²) in [6.45, 7) is 1.33. The lowest BCUT2D eigenvalue weighted by atomic mass is 10.2. The summed E-state index contributed by atoms with van der Waals surface area (Å²) in [5.41, 5.74) is 0.0832. The fraction of sp³-hybridized carbons (Fsp3) is 0.125. The van der Waals surface area contributed by atoms with Crippen molar-refractivity contribution in [2.45, 2.75) is 13.0 Å². The maximum absolute atomic E-state index is 13.1. The van der Waals surface area contributed by atoms with Crippen LogP contribution in [-0.2, 0) is 9.53 Å². The van der Waals surface area contributed by atoms with E-state index in [4.69, 9.17) is 27.9 Å². The van der Waals surface area contributed by atoms with Crippen LogP contribution >= 0.6 is 23.2 Å². The van der Waals surface area contributed by atoms with Gasteiger partial charge in [-0.15, -0.1) is 0 Å². The van der Waals surface area contributed by atoms with E-state index in [9.17, 15) is 18.4 Å². The zero-order valence-corrected chi connectivity index (χ0v) is 13.8. The standard InChI is InChI=1S/C16H11Cl2F2NO3/c1-8(15(22)21-10-3-5-13(19)14(20)7-10)24-16(23)11-4-2-9(17)6-12(11)18/h2-8H,1H3,(H,21,22)/t8-/m0/s1. The van der Waals surface area contributed by atoms with Gasteiger partial charge in [0.1, 0.15) is 0 Å². The minimum atomic E-state index is -1.18. The molecule has 24 heavy (non-hydrogen) atoms. The second-order valence-corrected chi connectivity index (χ2v) is 5.63. The summed E-state index contributed by atoms with van der Waals surface area (Å²) in [5, 5.41) is 2.75. The number of nitrogens with one attached hydrogen (secondary N) is 1. The Morgan fingerprint density at radius 3 is 2.42 bits per heavy atom. The maximum atomic E-state index is 13.1. The number of carbonyl (C=O) groups is 2. The van der Waals surface area contributed by atoms with Crippen molar-refractivity contribution in [3.63, 3.8) is 0 Å². The van der Waals surface area contributed by atoms with Crippen molar-refractivity contribution < 1.29 is 23.1 Å². The minimum Gasteiger partial charge on any atom is -0.449 e. The molecule has 0 bridgehead atoms. The van der Waals surface area contributed by atoms with E-state index in [1.165, 1.54) is 31.2 Å². The minimum absolute atomic E-state index is 0.0336. The van der Waals surface area contributed by atoms with Gasteiger partial charge in [0.05, 0.1) is 10.6 Å². The van der Waals surface area contributed by atoms with Crippen LogP contribution in [0.2, 0.25) is 10.0 Å². The normalized spacial score (nSPS) is 11.7. The van der Waals surface area contributed by atoms with Crippen LogP contribution in [0.3, 0.4) is 0 Å². The molecule has 1 amide bonds. The van der Waals surface area contributed by atoms with Gasteiger partial charge in [-0.1, -0.05) is 23.2 Å². The topological polar surface area (TPSA) is 55.4 Å². The summed E-state index contributed by atoms with van der Waals surface area (Å²) in [7, 11) is 0. The van der Waals surface area contributed by atoms with Crippen molar-refractivity contribution in [1.29, 1.82) is 0 Å². The Labute approximate surface area is 146 Å². The molecule has 0 saturated heterocycles. The summed E-state index contributed by atoms with van der Waals surface area (Å²) in [6, 6.07) is 7.06. The molecule has 1 N–H and O–H groups in total. The zero-order chi connectivity index (χ0) is 17.9. The molecule has 2 aromatic carbocycles. The molecule has 0 saturated carbocycles. The van der Waals surface area contributed by atoms with Crippen LogP contribution in [0.25, 0.3) is 0 Å². The molecule has 0 aliphatic heterocycles. The number of rotatable bonds is 4. The van der Waals surface area contributed by atoms with Gasteiger partial charge in [0.15, 0.2) is 17.7 Å². The van der Waals surface area contributed by atoms with Crippen LogP contribution in [0, 0.1) is 11.6 Å². The second-order valence-electron chi connectivity index (χ2n) is 4.79. The first kappa shape index (κ1) is 18.2. The lowest BCUT2D eigenvalue weighted by Crippen LogP contribution is -2.30. The summed E-state index contributed by atoms with van der Waals surface area (Å²) >= 11 is 11.6. The van der Waals surface area contributed by atoms with Gasteiger partial charge >= 0.3 is 5.97 Å². The molecular formula is C16H11Cl2F2NO3. The Morgan fingerprint density at radius 1 is 1.08 bits per heavy atom. The van der Waals surface area contributed by atoms with Gasteiger partial charge in [-0.05, 0) is 37.3 Å². The Balaban J connectivity index is 2.02. The summed E-state index contributed by atoms with van der Waals surface area (Å²) in [4.78, 5) is 24.0. The number of halogens is 4. The molecule has 0 aromatic heterocycles. The lowest BCUT2D eigenvalue weighted by Gasteiger charge is -2.14. The molecule has 0 radical (unpaired) electrons. The van der Waals surface area contributed by atoms with Gasteiger partial charge in [0.25, 0.3) is 5.91 Å². The monoisotopic (exact) mass is 373 g/mol. The molecule has 4 nitrogen and oxygen atoms in total. The number of esters is 1. The molecule has 0 aliphatic carbocycles. The Hall–Kier alpha value is -2.18. The van der Waals surface area contributed by atoms with Crippen molar-refractivity contribution in [3.8, 4) is 0 Å². The van der Waals surface area contributed by atoms with Gasteiger partial charge in [-0.25, -0.2) is 13.6 Å². The van der Waals surface area contributed by atoms with Gasteiger partial charge in [-0.2, -0.15) is 0 Å². The number of hydrogen-bond acceptors (Lipinski definition) is 3. The van der Waals surface area contributed by atoms with E-state index in [0.29, 0.717) is 5.02 Å². The van der Waals surface area contributed by atoms with Gasteiger partial charge < -0.3 is 10.1 Å². The first-order valence-electron chi connectivity index (χ1n) is 6.70. The highest BCUT2D eigenvalue weighted by Crippen LogP contribution is 2.22. The first-order chi connectivity index (χ1) is 11.3. The summed E-state index contributed by atoms with van der Waals surface area (Å²) < 4.78 is 30.9. The van der Waals surface area contributed by atoms with Crippen LogP contribution in [-0.4, -0.2) is 18.0 Å². The average Bonchev–Trinajstić information content (AvgIpc) is 2.50. The van der Waals surface area contributed by atoms with Gasteiger partial charge in [0, 0.05) is 16.8 Å². The highest BCUT2D eigenvalue weighted by atomic mass is 35.5. The molecule has 2 aromatic rings. The van der Waals surface area contributed by atoms with E-state index >= 15 is 0 Å². The molecule has 2 rings (SSSR count). The molecule has 1 atom stereocenters. The van der Waals surface area contributed by atoms with Crippen molar-refractivity contribution in [2.24, 2.45) is 0 Å². The van der Waals surface area contributed by atoms with E-state index in [0.717, 1.165) is 12.1 Å². The van der Waals surface area contributed by atoms with Gasteiger partial charge in [0.2, 0.25) is 0 Å². The molecule has 0 fully saturated rings. The maximum Gasteiger partial charge on any atom is 0.340 e. The van der Waals surface area contributed by atoms with Crippen molar-refractivity contribution in [2.75, 3.05) is 5.32 Å². The van der Waals surface area contributed by atoms with E-state index < -0.39 is 29.6 Å². The third kappa shape index (κ3) is 4.43. The van der Waals surface area contributed by atoms with Crippen LogP contribution in [0.1, 0.15) is 17.3 Å². The molecule has 8 heteroatoms. The largest absolute Gasteiger partial charge is 0.449 e. The van der Waals surface area contributed by atoms with E-state index in [2.05, 4.69) is 5.32 Å². The van der Waals surface area contributed by atoms with E-state index in [1.807, 2.05) is 0 Å². The number of ether oxygens (including phenoxy) is 1. The number of benzene rings is 2. The smallest absolute Gasteiger partial charge is 0.340 e. The number of carbonyl (C=O) groups excluding carboxylic acids is 2. The van der Waals surface area contributed by atoms with E-state index in [1.54, 1.807) is 0 Å². The second kappa shape index (κ2) is 7.59. The quantitative estimate of drug-likeness (QED) is 0.805. The van der Waals surface area contributed by atoms with Crippen LogP contribution in [0.4, 0.5) is 14.5 Å². The molecule has 0 heterocycles. The Kier molecular flexibility index (Phi) is 5.75. The van der Waals surface area contributed by atoms with Crippen molar-refractivity contribution in [1.82, 2.24) is 0 Å². The molecule has 0 unspecified atom stereocenters. The molecule has 0 spiro atoms. The molecule has 126 valence electrons. The Bertz CT molecular complexity index is 799. The lowest BCUT2D eigenvalue weighted by molar-refractivity contribution is -0.123. The molecule has 0 aliphatic rings. The number of anilines is 1. The van der Waals surface area contributed by atoms with E-state index in [-0.39, 0.29) is 16.3 Å². The highest BCUT2D eigenvalue weighted by Gasteiger charge is 2.21. The number of hydrogen-bond donors (Lipinski definition) is 1. The van der Waals surface area contributed by atoms with Crippen molar-refractivity contribution >= 4 is 40.8 Å². The van der Waals surface area contributed by atoms with Gasteiger partial charge in [-0.3, -0.25) is 4.79 Å². The van der Waals surface area contributed by atoms with Crippen LogP contribution < -0.4 is 5.32 Å². The van der Waals surface area contributed by atoms with Crippen LogP contribution in [0.15, 0.2) is 36.4 Å². The SMILES string of the molecule is C[C@H](OC(=O)c1ccc(Cl)cc1Cl)C(=O)Nc1ccc(F)c(F)c1. The zero-order valence-electron chi connectivity index (χ0n) is 12.3. The first-order valence-corrected chi connectivity index (χ1v) is 7.45. The highest BCUT2D eigenvalue weighted by molar-refractivity contribution is 6.36. The molecular weight excluding hydrogens is 363 g/mol. The predicted molar refractivity (Wildman–Crippen MR) is 86.3 cm³/mol. The predicted octanol–water partition coefficient (Wildman–Crippen LogP) is 4.46.